The Hall–Kier alpha value is -3.26. The van der Waals surface area contributed by atoms with Gasteiger partial charge in [0.25, 0.3) is 5.56 Å². The van der Waals surface area contributed by atoms with Gasteiger partial charge in [-0.1, -0.05) is 37.1 Å². The predicted octanol–water partition coefficient (Wildman–Crippen LogP) is 6.94. The SMILES string of the molecule is CC(C)=CCC/C(C)=C/CC1Cc2c(OC(=O)Nc3ccc(F)cc3F)cc(=O)n(CCCO)c2CC1(C)C. The monoisotopic (exact) mass is 542 g/mol. The Morgan fingerprint density at radius 2 is 1.95 bits per heavy atom. The zero-order valence-corrected chi connectivity index (χ0v) is 23.6. The van der Waals surface area contributed by atoms with E-state index >= 15 is 0 Å². The molecule has 1 aliphatic carbocycles. The lowest BCUT2D eigenvalue weighted by Crippen LogP contribution is -2.38. The highest BCUT2D eigenvalue weighted by Gasteiger charge is 2.38. The van der Waals surface area contributed by atoms with E-state index in [0.29, 0.717) is 31.9 Å². The number of pyridine rings is 1. The first-order valence-electron chi connectivity index (χ1n) is 13.5. The molecule has 0 radical (unpaired) electrons. The van der Waals surface area contributed by atoms with Crippen molar-refractivity contribution in [3.63, 3.8) is 0 Å². The van der Waals surface area contributed by atoms with Crippen LogP contribution >= 0.6 is 0 Å². The van der Waals surface area contributed by atoms with E-state index in [1.807, 2.05) is 0 Å². The number of aromatic nitrogens is 1. The minimum Gasteiger partial charge on any atom is -0.410 e. The van der Waals surface area contributed by atoms with Crippen LogP contribution in [0, 0.1) is 23.0 Å². The molecule has 2 aromatic rings. The van der Waals surface area contributed by atoms with E-state index in [4.69, 9.17) is 4.74 Å². The molecule has 0 fully saturated rings. The van der Waals surface area contributed by atoms with Crippen molar-refractivity contribution in [3.05, 3.63) is 80.8 Å². The van der Waals surface area contributed by atoms with Crippen molar-refractivity contribution >= 4 is 11.8 Å². The molecular formula is C31H40F2N2O4. The molecular weight excluding hydrogens is 502 g/mol. The topological polar surface area (TPSA) is 80.6 Å². The minimum atomic E-state index is -0.966. The number of carbonyl (C=O) groups is 1. The molecule has 1 heterocycles. The number of rotatable bonds is 10. The zero-order chi connectivity index (χ0) is 28.7. The fraction of sp³-hybridized carbons (Fsp3) is 0.484. The van der Waals surface area contributed by atoms with Crippen LogP contribution in [-0.2, 0) is 19.4 Å². The number of nitrogens with one attached hydrogen (secondary N) is 1. The quantitative estimate of drug-likeness (QED) is 0.319. The average Bonchev–Trinajstić information content (AvgIpc) is 2.84. The van der Waals surface area contributed by atoms with Gasteiger partial charge in [0, 0.05) is 36.5 Å². The summed E-state index contributed by atoms with van der Waals surface area (Å²) in [6, 6.07) is 4.10. The van der Waals surface area contributed by atoms with Crippen LogP contribution in [-0.4, -0.2) is 22.4 Å². The van der Waals surface area contributed by atoms with Crippen molar-refractivity contribution < 1.29 is 23.4 Å². The highest BCUT2D eigenvalue weighted by Crippen LogP contribution is 2.44. The number of hydrogen-bond donors (Lipinski definition) is 2. The smallest absolute Gasteiger partial charge is 0.410 e. The van der Waals surface area contributed by atoms with E-state index in [0.717, 1.165) is 42.7 Å². The van der Waals surface area contributed by atoms with Crippen LogP contribution in [0.15, 0.2) is 52.4 Å². The first-order chi connectivity index (χ1) is 18.4. The number of nitrogens with zero attached hydrogens (tertiary/aromatic N) is 1. The van der Waals surface area contributed by atoms with Gasteiger partial charge in [-0.05, 0) is 82.8 Å². The summed E-state index contributed by atoms with van der Waals surface area (Å²) >= 11 is 0. The van der Waals surface area contributed by atoms with Crippen LogP contribution in [0.5, 0.6) is 5.75 Å². The third kappa shape index (κ3) is 8.12. The molecule has 8 heteroatoms. The average molecular weight is 543 g/mol. The number of amides is 1. The van der Waals surface area contributed by atoms with Gasteiger partial charge in [0.15, 0.2) is 0 Å². The van der Waals surface area contributed by atoms with Gasteiger partial charge in [-0.25, -0.2) is 13.6 Å². The molecule has 1 aromatic carbocycles. The maximum Gasteiger partial charge on any atom is 0.417 e. The molecule has 0 spiro atoms. The molecule has 1 unspecified atom stereocenters. The maximum atomic E-state index is 14.1. The van der Waals surface area contributed by atoms with Crippen LogP contribution in [0.2, 0.25) is 0 Å². The van der Waals surface area contributed by atoms with Crippen LogP contribution in [0.25, 0.3) is 0 Å². The summed E-state index contributed by atoms with van der Waals surface area (Å²) < 4.78 is 34.5. The molecule has 212 valence electrons. The summed E-state index contributed by atoms with van der Waals surface area (Å²) in [6.07, 6.45) is 8.00. The van der Waals surface area contributed by atoms with Crippen LogP contribution in [0.3, 0.4) is 0 Å². The van der Waals surface area contributed by atoms with Crippen molar-refractivity contribution in [2.45, 2.75) is 79.7 Å². The lowest BCUT2D eigenvalue weighted by molar-refractivity contribution is 0.182. The summed E-state index contributed by atoms with van der Waals surface area (Å²) in [5, 5.41) is 11.7. The summed E-state index contributed by atoms with van der Waals surface area (Å²) in [5.74, 6) is -1.32. The highest BCUT2D eigenvalue weighted by atomic mass is 19.1. The summed E-state index contributed by atoms with van der Waals surface area (Å²) in [6.45, 7) is 11.0. The third-order valence-corrected chi connectivity index (χ3v) is 7.42. The standard InChI is InChI=1S/C31H40F2N2O4/c1-20(2)8-6-9-21(3)10-11-22-16-24-27(19-31(22,4)5)35(14-7-15-36)29(37)18-28(24)39-30(38)34-26-13-12-23(32)17-25(26)33/h8,10,12-13,17-18,22,36H,6-7,9,11,14-16,19H2,1-5H3,(H,34,38)/b21-10+. The number of ether oxygens (including phenoxy) is 1. The minimum absolute atomic E-state index is 0.0477. The second-order valence-electron chi connectivity index (χ2n) is 11.3. The predicted molar refractivity (Wildman–Crippen MR) is 150 cm³/mol. The number of benzene rings is 1. The zero-order valence-electron chi connectivity index (χ0n) is 23.6. The van der Waals surface area contributed by atoms with Crippen molar-refractivity contribution in [1.82, 2.24) is 4.57 Å². The van der Waals surface area contributed by atoms with Crippen molar-refractivity contribution in [2.75, 3.05) is 11.9 Å². The number of hydrogen-bond acceptors (Lipinski definition) is 4. The number of carbonyl (C=O) groups excluding carboxylic acids is 1. The van der Waals surface area contributed by atoms with Gasteiger partial charge in [-0.3, -0.25) is 10.1 Å². The number of anilines is 1. The molecule has 0 saturated carbocycles. The fourth-order valence-corrected chi connectivity index (χ4v) is 5.06. The molecule has 6 nitrogen and oxygen atoms in total. The first kappa shape index (κ1) is 30.3. The van der Waals surface area contributed by atoms with E-state index in [1.165, 1.54) is 17.2 Å². The van der Waals surface area contributed by atoms with Gasteiger partial charge in [-0.2, -0.15) is 0 Å². The van der Waals surface area contributed by atoms with E-state index in [2.05, 4.69) is 52.1 Å². The van der Waals surface area contributed by atoms with Gasteiger partial charge in [0.05, 0.1) is 5.69 Å². The Morgan fingerprint density at radius 1 is 1.21 bits per heavy atom. The highest BCUT2D eigenvalue weighted by molar-refractivity contribution is 5.86. The number of halogens is 2. The Balaban J connectivity index is 1.91. The van der Waals surface area contributed by atoms with Crippen molar-refractivity contribution in [3.8, 4) is 5.75 Å². The maximum absolute atomic E-state index is 14.1. The van der Waals surface area contributed by atoms with Crippen LogP contribution < -0.4 is 15.6 Å². The first-order valence-corrected chi connectivity index (χ1v) is 13.5. The second-order valence-corrected chi connectivity index (χ2v) is 11.3. The van der Waals surface area contributed by atoms with E-state index in [-0.39, 0.29) is 34.9 Å². The van der Waals surface area contributed by atoms with Crippen LogP contribution in [0.4, 0.5) is 19.3 Å². The van der Waals surface area contributed by atoms with E-state index < -0.39 is 17.7 Å². The Kier molecular flexibility index (Phi) is 10.2. The normalized spacial score (nSPS) is 16.4. The second kappa shape index (κ2) is 13.2. The van der Waals surface area contributed by atoms with E-state index in [9.17, 15) is 23.5 Å². The molecule has 1 aromatic heterocycles. The Morgan fingerprint density at radius 3 is 2.62 bits per heavy atom. The number of fused-ring (bicyclic) bond motifs is 1. The molecule has 1 aliphatic rings. The third-order valence-electron chi connectivity index (χ3n) is 7.42. The van der Waals surface area contributed by atoms with E-state index in [1.54, 1.807) is 4.57 Å². The largest absolute Gasteiger partial charge is 0.417 e. The molecule has 0 aliphatic heterocycles. The molecule has 2 N–H and O–H groups in total. The summed E-state index contributed by atoms with van der Waals surface area (Å²) in [4.78, 5) is 25.8. The molecule has 39 heavy (non-hydrogen) atoms. The van der Waals surface area contributed by atoms with Gasteiger partial charge >= 0.3 is 6.09 Å². The number of aliphatic hydroxyl groups excluding tert-OH is 1. The molecule has 0 bridgehead atoms. The summed E-state index contributed by atoms with van der Waals surface area (Å²) in [5.41, 5.74) is 3.49. The fourth-order valence-electron chi connectivity index (χ4n) is 5.06. The lowest BCUT2D eigenvalue weighted by Gasteiger charge is -2.41. The van der Waals surface area contributed by atoms with Gasteiger partial charge in [0.1, 0.15) is 17.4 Å². The van der Waals surface area contributed by atoms with Crippen molar-refractivity contribution in [1.29, 1.82) is 0 Å². The molecule has 1 atom stereocenters. The molecule has 3 rings (SSSR count). The Bertz CT molecular complexity index is 1310. The van der Waals surface area contributed by atoms with Gasteiger partial charge < -0.3 is 14.4 Å². The Labute approximate surface area is 229 Å². The van der Waals surface area contributed by atoms with Crippen molar-refractivity contribution in [2.24, 2.45) is 11.3 Å². The van der Waals surface area contributed by atoms with Gasteiger partial charge in [0.2, 0.25) is 0 Å². The van der Waals surface area contributed by atoms with Gasteiger partial charge in [-0.15, -0.1) is 0 Å². The summed E-state index contributed by atoms with van der Waals surface area (Å²) in [7, 11) is 0. The molecule has 1 amide bonds. The number of allylic oxidation sites excluding steroid dienone is 4. The molecule has 0 saturated heterocycles. The lowest BCUT2D eigenvalue weighted by atomic mass is 9.66. The van der Waals surface area contributed by atoms with Crippen LogP contribution in [0.1, 0.15) is 71.6 Å². The number of aliphatic hydroxyl groups is 1.